The number of methoxy groups -OCH3 is 3. The topological polar surface area (TPSA) is 55.5 Å². The van der Waals surface area contributed by atoms with Gasteiger partial charge in [-0.25, -0.2) is 0 Å². The molecular formula is C20H21F3N2O3. The fraction of sp³-hybridized carbons (Fsp3) is 0.300. The summed E-state index contributed by atoms with van der Waals surface area (Å²) < 4.78 is 57.5. The molecule has 2 aromatic carbocycles. The van der Waals surface area contributed by atoms with Crippen LogP contribution in [0.15, 0.2) is 36.5 Å². The summed E-state index contributed by atoms with van der Waals surface area (Å²) in [4.78, 5) is 2.91. The predicted octanol–water partition coefficient (Wildman–Crippen LogP) is 5.22. The highest BCUT2D eigenvalue weighted by atomic mass is 19.4. The first kappa shape index (κ1) is 19.7. The van der Waals surface area contributed by atoms with E-state index in [-0.39, 0.29) is 22.7 Å². The summed E-state index contributed by atoms with van der Waals surface area (Å²) in [5.41, 5.74) is 1.82. The van der Waals surface area contributed by atoms with Crippen molar-refractivity contribution >= 4 is 16.6 Å². The van der Waals surface area contributed by atoms with Crippen molar-refractivity contribution in [3.8, 4) is 17.2 Å². The summed E-state index contributed by atoms with van der Waals surface area (Å²) in [6.07, 6.45) is -3.15. The summed E-state index contributed by atoms with van der Waals surface area (Å²) in [7, 11) is 4.25. The average molecular weight is 394 g/mol. The number of H-pyrrole nitrogens is 1. The number of hydrogen-bond acceptors (Lipinski definition) is 4. The number of aryl methyl sites for hydroxylation is 1. The van der Waals surface area contributed by atoms with E-state index in [1.165, 1.54) is 39.7 Å². The summed E-state index contributed by atoms with van der Waals surface area (Å²) in [6, 6.07) is 6.31. The molecule has 0 unspecified atom stereocenters. The molecule has 28 heavy (non-hydrogen) atoms. The highest BCUT2D eigenvalue weighted by Gasteiger charge is 2.42. The van der Waals surface area contributed by atoms with Crippen molar-refractivity contribution in [1.82, 2.24) is 4.98 Å². The smallest absolute Gasteiger partial charge is 0.412 e. The third-order valence-corrected chi connectivity index (χ3v) is 4.48. The molecule has 0 aliphatic rings. The quantitative estimate of drug-likeness (QED) is 0.602. The van der Waals surface area contributed by atoms with Crippen molar-refractivity contribution in [1.29, 1.82) is 0 Å². The highest BCUT2D eigenvalue weighted by molar-refractivity contribution is 5.85. The first-order valence-electron chi connectivity index (χ1n) is 8.49. The fourth-order valence-corrected chi connectivity index (χ4v) is 3.16. The van der Waals surface area contributed by atoms with Crippen LogP contribution in [0.5, 0.6) is 17.2 Å². The third-order valence-electron chi connectivity index (χ3n) is 4.48. The molecule has 150 valence electrons. The van der Waals surface area contributed by atoms with Gasteiger partial charge in [-0.05, 0) is 19.1 Å². The Hall–Kier alpha value is -3.03. The van der Waals surface area contributed by atoms with E-state index >= 15 is 0 Å². The summed E-state index contributed by atoms with van der Waals surface area (Å²) in [5, 5.41) is 3.09. The van der Waals surface area contributed by atoms with Gasteiger partial charge >= 0.3 is 6.18 Å². The predicted molar refractivity (Wildman–Crippen MR) is 102 cm³/mol. The van der Waals surface area contributed by atoms with Gasteiger partial charge in [0.15, 0.2) is 17.5 Å². The lowest BCUT2D eigenvalue weighted by atomic mass is 10.0. The van der Waals surface area contributed by atoms with Gasteiger partial charge in [0.2, 0.25) is 5.75 Å². The first-order valence-corrected chi connectivity index (χ1v) is 8.49. The average Bonchev–Trinajstić information content (AvgIpc) is 3.06. The number of fused-ring (bicyclic) bond motifs is 1. The van der Waals surface area contributed by atoms with Gasteiger partial charge in [-0.2, -0.15) is 13.2 Å². The number of halogens is 3. The van der Waals surface area contributed by atoms with Crippen LogP contribution in [0.4, 0.5) is 18.9 Å². The molecule has 0 radical (unpaired) electrons. The molecule has 1 atom stereocenters. The number of hydrogen-bond donors (Lipinski definition) is 2. The number of ether oxygens (including phenoxy) is 3. The van der Waals surface area contributed by atoms with Crippen LogP contribution in [0.3, 0.4) is 0 Å². The van der Waals surface area contributed by atoms with Crippen LogP contribution >= 0.6 is 0 Å². The largest absolute Gasteiger partial charge is 0.493 e. The molecule has 0 bridgehead atoms. The SMILES string of the molecule is COc1cc(N[C@H](c2c[nH]c3ccc(C)cc23)C(F)(F)F)cc(OC)c1OC. The second-order valence-corrected chi connectivity index (χ2v) is 6.33. The molecule has 0 fully saturated rings. The second kappa shape index (κ2) is 7.53. The van der Waals surface area contributed by atoms with Gasteiger partial charge in [0.05, 0.1) is 21.3 Å². The first-order chi connectivity index (χ1) is 13.3. The van der Waals surface area contributed by atoms with Gasteiger partial charge in [0.25, 0.3) is 0 Å². The summed E-state index contributed by atoms with van der Waals surface area (Å²) >= 11 is 0. The minimum absolute atomic E-state index is 0.111. The maximum absolute atomic E-state index is 13.9. The highest BCUT2D eigenvalue weighted by Crippen LogP contribution is 2.43. The molecule has 0 saturated heterocycles. The van der Waals surface area contributed by atoms with Crippen LogP contribution in [-0.2, 0) is 0 Å². The van der Waals surface area contributed by atoms with Gasteiger partial charge < -0.3 is 24.5 Å². The van der Waals surface area contributed by atoms with E-state index in [1.807, 2.05) is 13.0 Å². The van der Waals surface area contributed by atoms with Crippen LogP contribution < -0.4 is 19.5 Å². The van der Waals surface area contributed by atoms with Gasteiger partial charge in [-0.3, -0.25) is 0 Å². The molecule has 5 nitrogen and oxygen atoms in total. The lowest BCUT2D eigenvalue weighted by Gasteiger charge is -2.24. The lowest BCUT2D eigenvalue weighted by molar-refractivity contribution is -0.143. The third kappa shape index (κ3) is 3.67. The minimum Gasteiger partial charge on any atom is -0.493 e. The molecule has 0 aliphatic carbocycles. The van der Waals surface area contributed by atoms with E-state index < -0.39 is 12.2 Å². The summed E-state index contributed by atoms with van der Waals surface area (Å²) in [5.74, 6) is 0.835. The fourth-order valence-electron chi connectivity index (χ4n) is 3.16. The number of rotatable bonds is 6. The second-order valence-electron chi connectivity index (χ2n) is 6.33. The number of nitrogens with one attached hydrogen (secondary N) is 2. The van der Waals surface area contributed by atoms with E-state index in [1.54, 1.807) is 12.1 Å². The Bertz CT molecular complexity index is 957. The van der Waals surface area contributed by atoms with Crippen LogP contribution in [0, 0.1) is 6.92 Å². The van der Waals surface area contributed by atoms with E-state index in [0.717, 1.165) is 5.56 Å². The maximum Gasteiger partial charge on any atom is 0.412 e. The molecule has 0 aliphatic heterocycles. The van der Waals surface area contributed by atoms with Crippen LogP contribution in [0.1, 0.15) is 17.2 Å². The molecule has 8 heteroatoms. The zero-order chi connectivity index (χ0) is 20.5. The Labute approximate surface area is 160 Å². The zero-order valence-electron chi connectivity index (χ0n) is 15.9. The molecule has 0 spiro atoms. The Balaban J connectivity index is 2.08. The Morgan fingerprint density at radius 2 is 1.61 bits per heavy atom. The summed E-state index contributed by atoms with van der Waals surface area (Å²) in [6.45, 7) is 1.84. The zero-order valence-corrected chi connectivity index (χ0v) is 15.9. The molecular weight excluding hydrogens is 373 g/mol. The van der Waals surface area contributed by atoms with Crippen molar-refractivity contribution in [3.05, 3.63) is 47.7 Å². The molecule has 3 rings (SSSR count). The molecule has 3 aromatic rings. The molecule has 0 saturated carbocycles. The van der Waals surface area contributed by atoms with Crippen LogP contribution in [0.25, 0.3) is 10.9 Å². The van der Waals surface area contributed by atoms with Gasteiger partial charge in [0.1, 0.15) is 0 Å². The number of aromatic nitrogens is 1. The van der Waals surface area contributed by atoms with Crippen LogP contribution in [0.2, 0.25) is 0 Å². The van der Waals surface area contributed by atoms with Crippen molar-refractivity contribution in [2.24, 2.45) is 0 Å². The number of benzene rings is 2. The number of alkyl halides is 3. The van der Waals surface area contributed by atoms with Crippen molar-refractivity contribution in [2.45, 2.75) is 19.1 Å². The van der Waals surface area contributed by atoms with Crippen LogP contribution in [-0.4, -0.2) is 32.5 Å². The Kier molecular flexibility index (Phi) is 5.31. The molecule has 1 heterocycles. The van der Waals surface area contributed by atoms with E-state index in [2.05, 4.69) is 10.3 Å². The lowest BCUT2D eigenvalue weighted by Crippen LogP contribution is -2.27. The van der Waals surface area contributed by atoms with Crippen molar-refractivity contribution in [2.75, 3.05) is 26.6 Å². The standard InChI is InChI=1S/C20H21F3N2O3/c1-11-5-6-15-13(7-11)14(10-24-15)19(20(21,22)23)25-12-8-16(26-2)18(28-4)17(9-12)27-3/h5-10,19,24-25H,1-4H3/t19-/m1/s1. The van der Waals surface area contributed by atoms with Crippen molar-refractivity contribution < 1.29 is 27.4 Å². The molecule has 0 amide bonds. The van der Waals surface area contributed by atoms with Gasteiger partial charge in [-0.1, -0.05) is 11.6 Å². The van der Waals surface area contributed by atoms with Gasteiger partial charge in [-0.15, -0.1) is 0 Å². The Morgan fingerprint density at radius 3 is 2.14 bits per heavy atom. The van der Waals surface area contributed by atoms with E-state index in [4.69, 9.17) is 14.2 Å². The number of anilines is 1. The molecule has 2 N–H and O–H groups in total. The molecule has 1 aromatic heterocycles. The maximum atomic E-state index is 13.9. The Morgan fingerprint density at radius 1 is 0.964 bits per heavy atom. The monoisotopic (exact) mass is 394 g/mol. The normalized spacial score (nSPS) is 12.7. The number of aromatic amines is 1. The minimum atomic E-state index is -4.53. The van der Waals surface area contributed by atoms with Gasteiger partial charge in [0, 0.05) is 40.5 Å². The van der Waals surface area contributed by atoms with E-state index in [9.17, 15) is 13.2 Å². The van der Waals surface area contributed by atoms with Crippen molar-refractivity contribution in [3.63, 3.8) is 0 Å². The van der Waals surface area contributed by atoms with E-state index in [0.29, 0.717) is 16.7 Å².